The van der Waals surface area contributed by atoms with Crippen molar-refractivity contribution in [1.29, 1.82) is 0 Å². The fourth-order valence-corrected chi connectivity index (χ4v) is 5.60. The van der Waals surface area contributed by atoms with Crippen LogP contribution in [0.3, 0.4) is 0 Å². The summed E-state index contributed by atoms with van der Waals surface area (Å²) in [7, 11) is 0. The molecule has 33 heavy (non-hydrogen) atoms. The Morgan fingerprint density at radius 2 is 1.67 bits per heavy atom. The normalized spacial score (nSPS) is 20.3. The highest BCUT2D eigenvalue weighted by Crippen LogP contribution is 2.49. The van der Waals surface area contributed by atoms with Gasteiger partial charge in [0.1, 0.15) is 12.4 Å². The van der Waals surface area contributed by atoms with Crippen molar-refractivity contribution in [1.82, 2.24) is 9.97 Å². The summed E-state index contributed by atoms with van der Waals surface area (Å²) in [5, 5.41) is 0. The highest BCUT2D eigenvalue weighted by molar-refractivity contribution is 5.44. The molecule has 1 aliphatic carbocycles. The molecular weight excluding hydrogens is 410 g/mol. The fraction of sp³-hybridized carbons (Fsp3) is 0.429. The Balaban J connectivity index is 1.10. The van der Waals surface area contributed by atoms with Crippen molar-refractivity contribution in [2.24, 2.45) is 5.41 Å². The zero-order valence-corrected chi connectivity index (χ0v) is 19.3. The molecule has 0 unspecified atom stereocenters. The van der Waals surface area contributed by atoms with Crippen LogP contribution in [0.15, 0.2) is 60.8 Å². The second-order valence-corrected chi connectivity index (χ2v) is 10.1. The van der Waals surface area contributed by atoms with Crippen molar-refractivity contribution in [3.63, 3.8) is 0 Å². The number of aryl methyl sites for hydroxylation is 1. The summed E-state index contributed by atoms with van der Waals surface area (Å²) in [6, 6.07) is 19.7. The number of nitrogens with zero attached hydrogens (tertiary/aromatic N) is 3. The van der Waals surface area contributed by atoms with E-state index in [-0.39, 0.29) is 5.41 Å². The molecule has 3 aliphatic rings. The molecule has 2 aromatic carbocycles. The number of hydrogen-bond donors (Lipinski definition) is 0. The molecule has 0 N–H and O–H groups in total. The molecule has 5 nitrogen and oxygen atoms in total. The van der Waals surface area contributed by atoms with Crippen molar-refractivity contribution < 1.29 is 9.47 Å². The van der Waals surface area contributed by atoms with E-state index in [2.05, 4.69) is 65.3 Å². The lowest BCUT2D eigenvalue weighted by molar-refractivity contribution is 0.130. The Kier molecular flexibility index (Phi) is 5.10. The summed E-state index contributed by atoms with van der Waals surface area (Å²) in [4.78, 5) is 11.5. The summed E-state index contributed by atoms with van der Waals surface area (Å²) >= 11 is 0. The van der Waals surface area contributed by atoms with E-state index in [1.165, 1.54) is 36.0 Å². The third-order valence-corrected chi connectivity index (χ3v) is 7.83. The maximum absolute atomic E-state index is 6.08. The van der Waals surface area contributed by atoms with Crippen LogP contribution in [0.5, 0.6) is 5.75 Å². The Labute approximate surface area is 195 Å². The van der Waals surface area contributed by atoms with Gasteiger partial charge in [0.25, 0.3) is 0 Å². The molecule has 170 valence electrons. The SMILES string of the molecule is Cc1ccc(C2(c3ccc(OCc4ccnc(N5CC6(CCOC6)C5)n4)cc3)CCC2)cc1. The average Bonchev–Trinajstić information content (AvgIpc) is 3.29. The van der Waals surface area contributed by atoms with Crippen molar-refractivity contribution in [3.8, 4) is 5.75 Å². The summed E-state index contributed by atoms with van der Waals surface area (Å²) in [6.45, 7) is 6.32. The first-order valence-corrected chi connectivity index (χ1v) is 12.1. The van der Waals surface area contributed by atoms with Crippen molar-refractivity contribution in [2.45, 2.75) is 44.6 Å². The van der Waals surface area contributed by atoms with E-state index in [9.17, 15) is 0 Å². The number of ether oxygens (including phenoxy) is 2. The minimum atomic E-state index is 0.159. The topological polar surface area (TPSA) is 47.5 Å². The lowest BCUT2D eigenvalue weighted by atomic mass is 9.60. The largest absolute Gasteiger partial charge is 0.487 e. The van der Waals surface area contributed by atoms with Crippen molar-refractivity contribution >= 4 is 5.95 Å². The third kappa shape index (κ3) is 3.78. The lowest BCUT2D eigenvalue weighted by Gasteiger charge is -2.47. The van der Waals surface area contributed by atoms with E-state index >= 15 is 0 Å². The molecule has 0 bridgehead atoms. The van der Waals surface area contributed by atoms with Crippen LogP contribution >= 0.6 is 0 Å². The monoisotopic (exact) mass is 441 g/mol. The lowest BCUT2D eigenvalue weighted by Crippen LogP contribution is -2.57. The fourth-order valence-electron chi connectivity index (χ4n) is 5.60. The van der Waals surface area contributed by atoms with Crippen LogP contribution in [0, 0.1) is 12.3 Å². The van der Waals surface area contributed by atoms with Crippen LogP contribution in [0.4, 0.5) is 5.95 Å². The maximum atomic E-state index is 6.08. The van der Waals surface area contributed by atoms with Gasteiger partial charge in [-0.3, -0.25) is 0 Å². The molecule has 2 aliphatic heterocycles. The standard InChI is InChI=1S/C28H31N3O2/c1-21-3-5-22(6-4-21)28(12-2-13-28)23-7-9-25(10-8-23)33-17-24-11-15-29-26(30-24)31-18-27(19-31)14-16-32-20-27/h3-11,15H,2,12-14,16-20H2,1H3. The zero-order valence-electron chi connectivity index (χ0n) is 19.3. The number of hydrogen-bond acceptors (Lipinski definition) is 5. The van der Waals surface area contributed by atoms with Gasteiger partial charge in [0.2, 0.25) is 5.95 Å². The van der Waals surface area contributed by atoms with E-state index < -0.39 is 0 Å². The van der Waals surface area contributed by atoms with Gasteiger partial charge in [-0.2, -0.15) is 0 Å². The molecule has 0 radical (unpaired) electrons. The molecular formula is C28H31N3O2. The average molecular weight is 442 g/mol. The van der Waals surface area contributed by atoms with Crippen LogP contribution in [0.25, 0.3) is 0 Å². The Bertz CT molecular complexity index is 1110. The van der Waals surface area contributed by atoms with Crippen LogP contribution in [-0.2, 0) is 16.8 Å². The minimum Gasteiger partial charge on any atom is -0.487 e. The van der Waals surface area contributed by atoms with Gasteiger partial charge in [-0.15, -0.1) is 0 Å². The van der Waals surface area contributed by atoms with Gasteiger partial charge >= 0.3 is 0 Å². The summed E-state index contributed by atoms with van der Waals surface area (Å²) in [5.74, 6) is 1.68. The van der Waals surface area contributed by atoms with E-state index in [1.54, 1.807) is 0 Å². The van der Waals surface area contributed by atoms with Crippen molar-refractivity contribution in [3.05, 3.63) is 83.2 Å². The summed E-state index contributed by atoms with van der Waals surface area (Å²) in [6.07, 6.45) is 6.69. The van der Waals surface area contributed by atoms with Gasteiger partial charge in [0.15, 0.2) is 0 Å². The van der Waals surface area contributed by atoms with Crippen molar-refractivity contribution in [2.75, 3.05) is 31.2 Å². The van der Waals surface area contributed by atoms with E-state index in [4.69, 9.17) is 14.5 Å². The predicted molar refractivity (Wildman–Crippen MR) is 129 cm³/mol. The summed E-state index contributed by atoms with van der Waals surface area (Å²) in [5.41, 5.74) is 5.52. The first-order chi connectivity index (χ1) is 16.1. The van der Waals surface area contributed by atoms with E-state index in [0.29, 0.717) is 12.0 Å². The number of rotatable bonds is 6. The smallest absolute Gasteiger partial charge is 0.225 e. The first kappa shape index (κ1) is 20.7. The van der Waals surface area contributed by atoms with E-state index in [1.807, 2.05) is 12.3 Å². The Hall–Kier alpha value is -2.92. The van der Waals surface area contributed by atoms with Gasteiger partial charge < -0.3 is 14.4 Å². The molecule has 3 aromatic rings. The molecule has 3 heterocycles. The molecule has 3 fully saturated rings. The highest BCUT2D eigenvalue weighted by Gasteiger charge is 2.46. The molecule has 0 atom stereocenters. The summed E-state index contributed by atoms with van der Waals surface area (Å²) < 4.78 is 11.7. The second kappa shape index (κ2) is 8.14. The predicted octanol–water partition coefficient (Wildman–Crippen LogP) is 5.06. The minimum absolute atomic E-state index is 0.159. The molecule has 5 heteroatoms. The second-order valence-electron chi connectivity index (χ2n) is 10.1. The molecule has 0 amide bonds. The van der Waals surface area contributed by atoms with Gasteiger partial charge in [-0.05, 0) is 55.5 Å². The third-order valence-electron chi connectivity index (χ3n) is 7.83. The number of benzene rings is 2. The van der Waals surface area contributed by atoms with Gasteiger partial charge in [0.05, 0.1) is 12.3 Å². The van der Waals surface area contributed by atoms with Crippen LogP contribution in [0.2, 0.25) is 0 Å². The van der Waals surface area contributed by atoms with Crippen LogP contribution in [0.1, 0.15) is 48.1 Å². The maximum Gasteiger partial charge on any atom is 0.225 e. The molecule has 6 rings (SSSR count). The molecule has 1 saturated carbocycles. The quantitative estimate of drug-likeness (QED) is 0.535. The molecule has 2 saturated heterocycles. The van der Waals surface area contributed by atoms with E-state index in [0.717, 1.165) is 50.1 Å². The molecule has 1 aromatic heterocycles. The number of anilines is 1. The van der Waals surface area contributed by atoms with Crippen LogP contribution in [-0.4, -0.2) is 36.3 Å². The zero-order chi connectivity index (χ0) is 22.3. The van der Waals surface area contributed by atoms with Crippen LogP contribution < -0.4 is 9.64 Å². The Morgan fingerprint density at radius 1 is 0.939 bits per heavy atom. The number of aromatic nitrogens is 2. The highest BCUT2D eigenvalue weighted by atomic mass is 16.5. The first-order valence-electron chi connectivity index (χ1n) is 12.1. The molecule has 1 spiro atoms. The van der Waals surface area contributed by atoms with Gasteiger partial charge in [-0.25, -0.2) is 9.97 Å². The van der Waals surface area contributed by atoms with Gasteiger partial charge in [-0.1, -0.05) is 48.4 Å². The Morgan fingerprint density at radius 3 is 2.30 bits per heavy atom. The van der Waals surface area contributed by atoms with Gasteiger partial charge in [0, 0.05) is 36.7 Å².